The number of hydrogen-bond donors (Lipinski definition) is 2. The highest BCUT2D eigenvalue weighted by Gasteiger charge is 2.29. The maximum atomic E-state index is 13.2. The molecule has 35 heavy (non-hydrogen) atoms. The first-order valence-electron chi connectivity index (χ1n) is 10.8. The van der Waals surface area contributed by atoms with E-state index >= 15 is 0 Å². The zero-order valence-electron chi connectivity index (χ0n) is 18.9. The highest BCUT2D eigenvalue weighted by atomic mass is 32.2. The minimum absolute atomic E-state index is 0.103. The van der Waals surface area contributed by atoms with Gasteiger partial charge in [0.2, 0.25) is 16.0 Å². The van der Waals surface area contributed by atoms with Crippen LogP contribution in [-0.2, 0) is 14.8 Å². The third kappa shape index (κ3) is 6.03. The molecule has 0 amide bonds. The number of aryl methyl sites for hydroxylation is 1. The SMILES string of the molecule is Cc1cc(Nc2ccc(F)cc2)nc(N2CCN(S(=O)(=O)c3ccc(OCC(=O)O)cc3)CC2)n1. The molecule has 0 spiro atoms. The van der Waals surface area contributed by atoms with Crippen molar-refractivity contribution in [3.63, 3.8) is 0 Å². The molecule has 1 saturated heterocycles. The smallest absolute Gasteiger partial charge is 0.341 e. The van der Waals surface area contributed by atoms with Crippen LogP contribution in [0.25, 0.3) is 0 Å². The monoisotopic (exact) mass is 501 g/mol. The van der Waals surface area contributed by atoms with Gasteiger partial charge in [0.15, 0.2) is 6.61 Å². The van der Waals surface area contributed by atoms with Crippen molar-refractivity contribution in [1.29, 1.82) is 0 Å². The Balaban J connectivity index is 1.41. The fourth-order valence-electron chi connectivity index (χ4n) is 3.57. The predicted molar refractivity (Wildman–Crippen MR) is 127 cm³/mol. The van der Waals surface area contributed by atoms with Crippen LogP contribution in [0.4, 0.5) is 21.8 Å². The van der Waals surface area contributed by atoms with Crippen molar-refractivity contribution < 1.29 is 27.4 Å². The molecule has 12 heteroatoms. The molecule has 10 nitrogen and oxygen atoms in total. The van der Waals surface area contributed by atoms with Gasteiger partial charge in [-0.1, -0.05) is 0 Å². The lowest BCUT2D eigenvalue weighted by molar-refractivity contribution is -0.139. The molecule has 0 saturated carbocycles. The van der Waals surface area contributed by atoms with Gasteiger partial charge < -0.3 is 20.1 Å². The van der Waals surface area contributed by atoms with Gasteiger partial charge in [0.1, 0.15) is 17.4 Å². The number of nitrogens with one attached hydrogen (secondary N) is 1. The van der Waals surface area contributed by atoms with E-state index in [2.05, 4.69) is 15.3 Å². The van der Waals surface area contributed by atoms with E-state index in [9.17, 15) is 17.6 Å². The molecule has 2 N–H and O–H groups in total. The second-order valence-corrected chi connectivity index (χ2v) is 9.81. The molecule has 1 aromatic heterocycles. The van der Waals surface area contributed by atoms with E-state index in [1.807, 2.05) is 11.8 Å². The van der Waals surface area contributed by atoms with Crippen molar-refractivity contribution in [3.8, 4) is 5.75 Å². The van der Waals surface area contributed by atoms with Crippen molar-refractivity contribution >= 4 is 33.4 Å². The number of carboxylic acid groups (broad SMARTS) is 1. The molecule has 0 bridgehead atoms. The first-order valence-corrected chi connectivity index (χ1v) is 12.2. The molecule has 0 unspecified atom stereocenters. The van der Waals surface area contributed by atoms with Crippen LogP contribution in [0.5, 0.6) is 5.75 Å². The van der Waals surface area contributed by atoms with Gasteiger partial charge in [-0.2, -0.15) is 9.29 Å². The van der Waals surface area contributed by atoms with Gasteiger partial charge in [-0.25, -0.2) is 22.6 Å². The molecule has 1 aliphatic rings. The molecule has 3 aromatic rings. The van der Waals surface area contributed by atoms with Crippen molar-refractivity contribution in [1.82, 2.24) is 14.3 Å². The Labute approximate surface area is 202 Å². The summed E-state index contributed by atoms with van der Waals surface area (Å²) in [6.45, 7) is 2.63. The van der Waals surface area contributed by atoms with E-state index in [1.165, 1.54) is 40.7 Å². The lowest BCUT2D eigenvalue weighted by Crippen LogP contribution is -2.49. The van der Waals surface area contributed by atoms with Gasteiger partial charge in [-0.05, 0) is 55.5 Å². The Kier molecular flexibility index (Phi) is 7.12. The van der Waals surface area contributed by atoms with Crippen LogP contribution in [0, 0.1) is 12.7 Å². The molecule has 0 aliphatic carbocycles. The number of anilines is 3. The standard InChI is InChI=1S/C23H24FN5O5S/c1-16-14-21(26-18-4-2-17(24)3-5-18)27-23(25-16)28-10-12-29(13-11-28)35(32,33)20-8-6-19(7-9-20)34-15-22(30)31/h2-9,14H,10-13,15H2,1H3,(H,30,31)(H,25,26,27). The largest absolute Gasteiger partial charge is 0.482 e. The van der Waals surface area contributed by atoms with Crippen molar-refractivity contribution in [2.45, 2.75) is 11.8 Å². The molecule has 2 aromatic carbocycles. The van der Waals surface area contributed by atoms with E-state index in [0.717, 1.165) is 5.69 Å². The number of hydrogen-bond acceptors (Lipinski definition) is 8. The second-order valence-electron chi connectivity index (χ2n) is 7.87. The van der Waals surface area contributed by atoms with Gasteiger partial charge in [0.25, 0.3) is 0 Å². The molecule has 0 radical (unpaired) electrons. The summed E-state index contributed by atoms with van der Waals surface area (Å²) < 4.78 is 45.7. The topological polar surface area (TPSA) is 125 Å². The van der Waals surface area contributed by atoms with Crippen molar-refractivity contribution in [2.24, 2.45) is 0 Å². The van der Waals surface area contributed by atoms with Gasteiger partial charge in [-0.15, -0.1) is 0 Å². The van der Waals surface area contributed by atoms with Crippen molar-refractivity contribution in [2.75, 3.05) is 43.0 Å². The zero-order valence-corrected chi connectivity index (χ0v) is 19.7. The van der Waals surface area contributed by atoms with Crippen molar-refractivity contribution in [3.05, 3.63) is 66.1 Å². The number of halogens is 1. The number of nitrogens with zero attached hydrogens (tertiary/aromatic N) is 4. The van der Waals surface area contributed by atoms with Crippen LogP contribution < -0.4 is 15.0 Å². The van der Waals surface area contributed by atoms with Crippen LogP contribution in [0.2, 0.25) is 0 Å². The summed E-state index contributed by atoms with van der Waals surface area (Å²) in [6.07, 6.45) is 0. The number of sulfonamides is 1. The molecule has 1 fully saturated rings. The molecular formula is C23H24FN5O5S. The minimum atomic E-state index is -3.73. The van der Waals surface area contributed by atoms with E-state index in [4.69, 9.17) is 9.84 Å². The predicted octanol–water partition coefficient (Wildman–Crippen LogP) is 2.64. The molecular weight excluding hydrogens is 477 g/mol. The van der Waals surface area contributed by atoms with E-state index < -0.39 is 22.6 Å². The molecule has 0 atom stereocenters. The number of rotatable bonds is 8. The quantitative estimate of drug-likeness (QED) is 0.479. The maximum Gasteiger partial charge on any atom is 0.341 e. The van der Waals surface area contributed by atoms with Crippen LogP contribution in [0.15, 0.2) is 59.5 Å². The third-order valence-electron chi connectivity index (χ3n) is 5.30. The van der Waals surface area contributed by atoms with Crippen LogP contribution in [0.1, 0.15) is 5.69 Å². The Hall–Kier alpha value is -3.77. The highest BCUT2D eigenvalue weighted by molar-refractivity contribution is 7.89. The van der Waals surface area contributed by atoms with Crippen LogP contribution in [0.3, 0.4) is 0 Å². The first kappa shape index (κ1) is 24.4. The number of benzene rings is 2. The summed E-state index contributed by atoms with van der Waals surface area (Å²) >= 11 is 0. The average Bonchev–Trinajstić information content (AvgIpc) is 2.84. The third-order valence-corrected chi connectivity index (χ3v) is 7.22. The van der Waals surface area contributed by atoms with E-state index in [-0.39, 0.29) is 29.6 Å². The number of carboxylic acids is 1. The van der Waals surface area contributed by atoms with E-state index in [1.54, 1.807) is 18.2 Å². The number of aliphatic carboxylic acids is 1. The maximum absolute atomic E-state index is 13.2. The molecule has 1 aliphatic heterocycles. The number of ether oxygens (including phenoxy) is 1. The summed E-state index contributed by atoms with van der Waals surface area (Å²) in [5.41, 5.74) is 1.42. The highest BCUT2D eigenvalue weighted by Crippen LogP contribution is 2.23. The average molecular weight is 502 g/mol. The van der Waals surface area contributed by atoms with Gasteiger partial charge in [0, 0.05) is 43.6 Å². The Morgan fingerprint density at radius 1 is 1.06 bits per heavy atom. The van der Waals surface area contributed by atoms with Gasteiger partial charge in [-0.3, -0.25) is 0 Å². The Bertz CT molecular complexity index is 1290. The van der Waals surface area contributed by atoms with E-state index in [0.29, 0.717) is 30.5 Å². The second kappa shape index (κ2) is 10.2. The normalized spacial score (nSPS) is 14.5. The van der Waals surface area contributed by atoms with Crippen LogP contribution in [-0.4, -0.2) is 66.6 Å². The fraction of sp³-hybridized carbons (Fsp3) is 0.261. The summed E-state index contributed by atoms with van der Waals surface area (Å²) in [5, 5.41) is 11.8. The lowest BCUT2D eigenvalue weighted by atomic mass is 10.3. The summed E-state index contributed by atoms with van der Waals surface area (Å²) in [5.74, 6) is -0.135. The summed E-state index contributed by atoms with van der Waals surface area (Å²) in [4.78, 5) is 21.7. The lowest BCUT2D eigenvalue weighted by Gasteiger charge is -2.34. The fourth-order valence-corrected chi connectivity index (χ4v) is 4.99. The summed E-state index contributed by atoms with van der Waals surface area (Å²) in [6, 6.07) is 13.4. The molecule has 184 valence electrons. The Morgan fingerprint density at radius 2 is 1.71 bits per heavy atom. The van der Waals surface area contributed by atoms with Crippen LogP contribution >= 0.6 is 0 Å². The van der Waals surface area contributed by atoms with Gasteiger partial charge in [0.05, 0.1) is 4.90 Å². The van der Waals surface area contributed by atoms with Gasteiger partial charge >= 0.3 is 5.97 Å². The molecule has 4 rings (SSSR count). The number of piperazine rings is 1. The number of carbonyl (C=O) groups is 1. The number of aromatic nitrogens is 2. The zero-order chi connectivity index (χ0) is 25.0. The summed E-state index contributed by atoms with van der Waals surface area (Å²) in [7, 11) is -3.73. The Morgan fingerprint density at radius 3 is 2.34 bits per heavy atom. The first-order chi connectivity index (χ1) is 16.7. The minimum Gasteiger partial charge on any atom is -0.482 e. The molecule has 2 heterocycles.